The molecule has 1 saturated heterocycles. The molecule has 2 aromatic heterocycles. The van der Waals surface area contributed by atoms with Crippen molar-refractivity contribution in [1.82, 2.24) is 25.6 Å². The van der Waals surface area contributed by atoms with Gasteiger partial charge in [0.25, 0.3) is 12.3 Å². The number of hydrogen-bond donors (Lipinski definition) is 4. The molecule has 0 unspecified atom stereocenters. The Labute approximate surface area is 154 Å². The molecule has 8 nitrogen and oxygen atoms in total. The molecule has 3 heterocycles. The molecule has 1 fully saturated rings. The van der Waals surface area contributed by atoms with Gasteiger partial charge < -0.3 is 21.0 Å². The lowest BCUT2D eigenvalue weighted by Gasteiger charge is -2.33. The molecule has 3 rings (SSSR count). The van der Waals surface area contributed by atoms with Crippen LogP contribution in [0.1, 0.15) is 23.2 Å². The number of nitrogens with one attached hydrogen (secondary N) is 4. The number of hydrazine groups is 1. The van der Waals surface area contributed by atoms with Gasteiger partial charge in [0.15, 0.2) is 0 Å². The normalized spacial score (nSPS) is 17.9. The monoisotopic (exact) mass is 380 g/mol. The number of pyridine rings is 1. The Morgan fingerprint density at radius 2 is 2.26 bits per heavy atom. The third-order valence-corrected chi connectivity index (χ3v) is 4.55. The molecule has 0 spiro atoms. The molecule has 2 amide bonds. The molecule has 4 N–H and O–H groups in total. The van der Waals surface area contributed by atoms with Gasteiger partial charge in [0, 0.05) is 37.9 Å². The number of carbonyl (C=O) groups excluding carboxylic acids is 2. The van der Waals surface area contributed by atoms with Gasteiger partial charge in [-0.2, -0.15) is 0 Å². The number of piperidine rings is 1. The van der Waals surface area contributed by atoms with E-state index < -0.39 is 18.9 Å². The number of alkyl halides is 2. The third kappa shape index (κ3) is 4.33. The van der Waals surface area contributed by atoms with Gasteiger partial charge in [0.05, 0.1) is 23.7 Å². The van der Waals surface area contributed by atoms with Crippen LogP contribution in [0.3, 0.4) is 0 Å². The van der Waals surface area contributed by atoms with Crippen LogP contribution in [-0.4, -0.2) is 59.9 Å². The lowest BCUT2D eigenvalue weighted by Crippen LogP contribution is -2.46. The third-order valence-electron chi connectivity index (χ3n) is 4.55. The van der Waals surface area contributed by atoms with Crippen molar-refractivity contribution < 1.29 is 18.4 Å². The summed E-state index contributed by atoms with van der Waals surface area (Å²) in [7, 11) is 1.54. The highest BCUT2D eigenvalue weighted by Gasteiger charge is 2.27. The minimum atomic E-state index is -2.57. The van der Waals surface area contributed by atoms with Crippen LogP contribution in [0, 0.1) is 5.92 Å². The van der Waals surface area contributed by atoms with Gasteiger partial charge in [-0.1, -0.05) is 0 Å². The van der Waals surface area contributed by atoms with Gasteiger partial charge in [0.2, 0.25) is 5.91 Å². The predicted molar refractivity (Wildman–Crippen MR) is 96.4 cm³/mol. The molecule has 0 aliphatic carbocycles. The van der Waals surface area contributed by atoms with Crippen molar-refractivity contribution in [3.63, 3.8) is 0 Å². The second-order valence-electron chi connectivity index (χ2n) is 6.40. The summed E-state index contributed by atoms with van der Waals surface area (Å²) in [6, 6.07) is 1.81. The number of carbonyl (C=O) groups is 2. The second kappa shape index (κ2) is 8.30. The van der Waals surface area contributed by atoms with Crippen molar-refractivity contribution in [2.45, 2.75) is 19.3 Å². The van der Waals surface area contributed by atoms with Crippen LogP contribution >= 0.6 is 0 Å². The average Bonchev–Trinajstić information content (AvgIpc) is 3.15. The molecule has 146 valence electrons. The van der Waals surface area contributed by atoms with Crippen LogP contribution in [0.2, 0.25) is 0 Å². The molecule has 27 heavy (non-hydrogen) atoms. The molecule has 0 saturated carbocycles. The highest BCUT2D eigenvalue weighted by Crippen LogP contribution is 2.27. The molecule has 1 atom stereocenters. The lowest BCUT2D eigenvalue weighted by atomic mass is 9.98. The maximum absolute atomic E-state index is 12.3. The molecule has 1 aliphatic heterocycles. The highest BCUT2D eigenvalue weighted by atomic mass is 19.3. The maximum Gasteiger partial charge on any atom is 0.255 e. The SMILES string of the molecule is CNC(=O)c1cnc2[nH]ccc2c1NN1CCC[C@H](C(=O)NCC(F)F)C1. The number of rotatable bonds is 6. The topological polar surface area (TPSA) is 102 Å². The fourth-order valence-electron chi connectivity index (χ4n) is 3.21. The predicted octanol–water partition coefficient (Wildman–Crippen LogP) is 1.34. The van der Waals surface area contributed by atoms with Gasteiger partial charge >= 0.3 is 0 Å². The zero-order valence-corrected chi connectivity index (χ0v) is 14.9. The number of aromatic nitrogens is 2. The summed E-state index contributed by atoms with van der Waals surface area (Å²) in [6.45, 7) is 0.383. The quantitative estimate of drug-likeness (QED) is 0.606. The van der Waals surface area contributed by atoms with E-state index in [0.29, 0.717) is 36.4 Å². The van der Waals surface area contributed by atoms with Crippen LogP contribution in [0.4, 0.5) is 14.5 Å². The Morgan fingerprint density at radius 3 is 3.00 bits per heavy atom. The number of nitrogens with zero attached hydrogens (tertiary/aromatic N) is 2. The first-order valence-corrected chi connectivity index (χ1v) is 8.75. The number of anilines is 1. The Morgan fingerprint density at radius 1 is 1.44 bits per heavy atom. The first-order valence-electron chi connectivity index (χ1n) is 8.75. The fraction of sp³-hybridized carbons (Fsp3) is 0.471. The maximum atomic E-state index is 12.3. The number of amides is 2. The van der Waals surface area contributed by atoms with E-state index in [4.69, 9.17) is 0 Å². The van der Waals surface area contributed by atoms with Crippen molar-refractivity contribution >= 4 is 28.5 Å². The lowest BCUT2D eigenvalue weighted by molar-refractivity contribution is -0.127. The second-order valence-corrected chi connectivity index (χ2v) is 6.40. The van der Waals surface area contributed by atoms with Crippen molar-refractivity contribution in [1.29, 1.82) is 0 Å². The number of fused-ring (bicyclic) bond motifs is 1. The molecule has 10 heteroatoms. The Bertz CT molecular complexity index is 825. The van der Waals surface area contributed by atoms with Crippen LogP contribution in [0.5, 0.6) is 0 Å². The van der Waals surface area contributed by atoms with Crippen LogP contribution in [0.15, 0.2) is 18.5 Å². The number of hydrogen-bond acceptors (Lipinski definition) is 5. The van der Waals surface area contributed by atoms with E-state index in [1.165, 1.54) is 13.2 Å². The molecule has 0 radical (unpaired) electrons. The van der Waals surface area contributed by atoms with E-state index in [-0.39, 0.29) is 11.8 Å². The van der Waals surface area contributed by atoms with Gasteiger partial charge in [0.1, 0.15) is 5.65 Å². The van der Waals surface area contributed by atoms with E-state index in [1.54, 1.807) is 6.20 Å². The first-order chi connectivity index (χ1) is 13.0. The van der Waals surface area contributed by atoms with Gasteiger partial charge in [-0.15, -0.1) is 0 Å². The molecule has 0 aromatic carbocycles. The minimum absolute atomic E-state index is 0.281. The summed E-state index contributed by atoms with van der Waals surface area (Å²) < 4.78 is 24.6. The van der Waals surface area contributed by atoms with Crippen LogP contribution < -0.4 is 16.1 Å². The summed E-state index contributed by atoms with van der Waals surface area (Å²) in [6.07, 6.45) is 2.01. The van der Waals surface area contributed by atoms with E-state index in [9.17, 15) is 18.4 Å². The Kier molecular flexibility index (Phi) is 5.84. The van der Waals surface area contributed by atoms with Crippen molar-refractivity contribution in [3.8, 4) is 0 Å². The van der Waals surface area contributed by atoms with E-state index >= 15 is 0 Å². The summed E-state index contributed by atoms with van der Waals surface area (Å²) in [5.41, 5.74) is 4.84. The molecule has 1 aliphatic rings. The van der Waals surface area contributed by atoms with E-state index in [1.807, 2.05) is 11.1 Å². The van der Waals surface area contributed by atoms with Crippen molar-refractivity contribution in [2.24, 2.45) is 5.92 Å². The van der Waals surface area contributed by atoms with Crippen molar-refractivity contribution in [3.05, 3.63) is 24.0 Å². The standard InChI is InChI=1S/C17H22F2N6O2/c1-20-17(27)12-7-22-15-11(4-5-21-15)14(12)24-25-6-2-3-10(9-25)16(26)23-8-13(18)19/h4-5,7,10,13H,2-3,6,8-9H2,1H3,(H,20,27)(H,23,26)(H2,21,22,24)/t10-/m0/s1. The molecular formula is C17H22F2N6O2. The van der Waals surface area contributed by atoms with Gasteiger partial charge in [-0.3, -0.25) is 9.59 Å². The molecule has 0 bridgehead atoms. The van der Waals surface area contributed by atoms with E-state index in [0.717, 1.165) is 11.8 Å². The highest BCUT2D eigenvalue weighted by molar-refractivity contribution is 6.06. The number of halogens is 2. The van der Waals surface area contributed by atoms with Crippen LogP contribution in [-0.2, 0) is 4.79 Å². The zero-order valence-electron chi connectivity index (χ0n) is 14.9. The van der Waals surface area contributed by atoms with Crippen LogP contribution in [0.25, 0.3) is 11.0 Å². The summed E-state index contributed by atoms with van der Waals surface area (Å²) in [5.74, 6) is -1.05. The first kappa shape index (κ1) is 19.0. The van der Waals surface area contributed by atoms with E-state index in [2.05, 4.69) is 26.0 Å². The fourth-order valence-corrected chi connectivity index (χ4v) is 3.21. The Hall–Kier alpha value is -2.75. The number of aromatic amines is 1. The average molecular weight is 380 g/mol. The smallest absolute Gasteiger partial charge is 0.255 e. The molecule has 2 aromatic rings. The largest absolute Gasteiger partial charge is 0.355 e. The minimum Gasteiger partial charge on any atom is -0.355 e. The summed E-state index contributed by atoms with van der Waals surface area (Å²) in [4.78, 5) is 31.6. The van der Waals surface area contributed by atoms with Gasteiger partial charge in [-0.05, 0) is 18.9 Å². The summed E-state index contributed by atoms with van der Waals surface area (Å²) >= 11 is 0. The zero-order chi connectivity index (χ0) is 19.4. The van der Waals surface area contributed by atoms with Crippen molar-refractivity contribution in [2.75, 3.05) is 32.1 Å². The van der Waals surface area contributed by atoms with Gasteiger partial charge in [-0.25, -0.2) is 18.8 Å². The summed E-state index contributed by atoms with van der Waals surface area (Å²) in [5, 5.41) is 7.45. The number of H-pyrrole nitrogens is 1. The Balaban J connectivity index is 1.77. The molecular weight excluding hydrogens is 358 g/mol.